The molecule has 0 aromatic heterocycles. The predicted molar refractivity (Wildman–Crippen MR) is 78.1 cm³/mol. The van der Waals surface area contributed by atoms with Crippen LogP contribution in [-0.2, 0) is 6.42 Å². The summed E-state index contributed by atoms with van der Waals surface area (Å²) in [4.78, 5) is 11.8. The molecule has 1 aromatic carbocycles. The second kappa shape index (κ2) is 7.27. The standard InChI is InChI=1S/C16H23FN2O/c1-12-4-2-3-5-15(12)19-16(20)18-11-10-13-6-8-14(17)9-7-13/h6-9,12,15H,2-5,10-11H2,1H3,(H2,18,19,20)/t12-,15-/m1/s1. The first kappa shape index (κ1) is 14.8. The van der Waals surface area contributed by atoms with E-state index < -0.39 is 0 Å². The molecule has 2 rings (SSSR count). The minimum absolute atomic E-state index is 0.0918. The summed E-state index contributed by atoms with van der Waals surface area (Å²) in [6, 6.07) is 6.59. The summed E-state index contributed by atoms with van der Waals surface area (Å²) < 4.78 is 12.8. The molecule has 0 bridgehead atoms. The van der Waals surface area contributed by atoms with Crippen molar-refractivity contribution in [2.45, 2.75) is 45.1 Å². The lowest BCUT2D eigenvalue weighted by atomic mass is 9.86. The third kappa shape index (κ3) is 4.51. The lowest BCUT2D eigenvalue weighted by Gasteiger charge is -2.29. The van der Waals surface area contributed by atoms with Crippen LogP contribution in [0.3, 0.4) is 0 Å². The Morgan fingerprint density at radius 3 is 2.65 bits per heavy atom. The minimum Gasteiger partial charge on any atom is -0.338 e. The van der Waals surface area contributed by atoms with E-state index in [9.17, 15) is 9.18 Å². The Hall–Kier alpha value is -1.58. The molecule has 1 fully saturated rings. The van der Waals surface area contributed by atoms with Gasteiger partial charge in [0.1, 0.15) is 5.82 Å². The smallest absolute Gasteiger partial charge is 0.315 e. The summed E-state index contributed by atoms with van der Waals surface area (Å²) in [6.07, 6.45) is 5.46. The van der Waals surface area contributed by atoms with Crippen LogP contribution in [0, 0.1) is 11.7 Å². The van der Waals surface area contributed by atoms with Gasteiger partial charge < -0.3 is 10.6 Å². The Bertz CT molecular complexity index is 433. The number of halogens is 1. The third-order valence-corrected chi connectivity index (χ3v) is 4.04. The fourth-order valence-electron chi connectivity index (χ4n) is 2.72. The lowest BCUT2D eigenvalue weighted by molar-refractivity contribution is 0.222. The summed E-state index contributed by atoms with van der Waals surface area (Å²) in [6.45, 7) is 2.77. The van der Waals surface area contributed by atoms with Crippen molar-refractivity contribution in [1.82, 2.24) is 10.6 Å². The molecule has 0 heterocycles. The van der Waals surface area contributed by atoms with Gasteiger partial charge in [-0.05, 0) is 42.9 Å². The number of carbonyl (C=O) groups is 1. The maximum atomic E-state index is 12.8. The highest BCUT2D eigenvalue weighted by Crippen LogP contribution is 2.23. The molecule has 1 aromatic rings. The average Bonchev–Trinajstić information content (AvgIpc) is 2.44. The van der Waals surface area contributed by atoms with E-state index in [0.29, 0.717) is 24.9 Å². The molecule has 20 heavy (non-hydrogen) atoms. The molecule has 2 amide bonds. The number of hydrogen-bond donors (Lipinski definition) is 2. The fourth-order valence-corrected chi connectivity index (χ4v) is 2.72. The largest absolute Gasteiger partial charge is 0.338 e. The Kier molecular flexibility index (Phi) is 5.39. The second-order valence-electron chi connectivity index (χ2n) is 5.64. The number of nitrogens with one attached hydrogen (secondary N) is 2. The normalized spacial score (nSPS) is 22.3. The SMILES string of the molecule is C[C@@H]1CCCC[C@H]1NC(=O)NCCc1ccc(F)cc1. The highest BCUT2D eigenvalue weighted by Gasteiger charge is 2.22. The zero-order valence-corrected chi connectivity index (χ0v) is 12.0. The number of benzene rings is 1. The topological polar surface area (TPSA) is 41.1 Å². The molecule has 0 radical (unpaired) electrons. The van der Waals surface area contributed by atoms with Gasteiger partial charge in [-0.1, -0.05) is 31.9 Å². The summed E-state index contributed by atoms with van der Waals surface area (Å²) in [5.41, 5.74) is 1.03. The monoisotopic (exact) mass is 278 g/mol. The van der Waals surface area contributed by atoms with Crippen molar-refractivity contribution in [3.05, 3.63) is 35.6 Å². The summed E-state index contributed by atoms with van der Waals surface area (Å²) in [5, 5.41) is 5.92. The molecule has 1 aliphatic carbocycles. The number of rotatable bonds is 4. The lowest BCUT2D eigenvalue weighted by Crippen LogP contribution is -2.46. The van der Waals surface area contributed by atoms with E-state index in [1.807, 2.05) is 0 Å². The predicted octanol–water partition coefficient (Wildman–Crippen LogP) is 3.25. The number of amides is 2. The summed E-state index contributed by atoms with van der Waals surface area (Å²) in [5.74, 6) is 0.331. The maximum Gasteiger partial charge on any atom is 0.315 e. The van der Waals surface area contributed by atoms with Gasteiger partial charge in [-0.3, -0.25) is 0 Å². The number of urea groups is 1. The van der Waals surface area contributed by atoms with Gasteiger partial charge in [0.25, 0.3) is 0 Å². The Morgan fingerprint density at radius 2 is 1.95 bits per heavy atom. The molecule has 110 valence electrons. The van der Waals surface area contributed by atoms with Crippen molar-refractivity contribution in [1.29, 1.82) is 0 Å². The highest BCUT2D eigenvalue weighted by molar-refractivity contribution is 5.74. The van der Waals surface area contributed by atoms with Crippen molar-refractivity contribution in [3.63, 3.8) is 0 Å². The third-order valence-electron chi connectivity index (χ3n) is 4.04. The van der Waals surface area contributed by atoms with Gasteiger partial charge >= 0.3 is 6.03 Å². The first-order chi connectivity index (χ1) is 9.65. The van der Waals surface area contributed by atoms with E-state index in [1.165, 1.54) is 31.4 Å². The minimum atomic E-state index is -0.231. The highest BCUT2D eigenvalue weighted by atomic mass is 19.1. The molecule has 1 saturated carbocycles. The Labute approximate surface area is 120 Å². The molecule has 0 saturated heterocycles. The van der Waals surface area contributed by atoms with Gasteiger partial charge in [-0.2, -0.15) is 0 Å². The molecule has 0 aliphatic heterocycles. The maximum absolute atomic E-state index is 12.8. The van der Waals surface area contributed by atoms with Gasteiger partial charge in [0, 0.05) is 12.6 Å². The molecule has 2 N–H and O–H groups in total. The van der Waals surface area contributed by atoms with Crippen LogP contribution in [0.4, 0.5) is 9.18 Å². The van der Waals surface area contributed by atoms with Crippen molar-refractivity contribution >= 4 is 6.03 Å². The summed E-state index contributed by atoms with van der Waals surface area (Å²) >= 11 is 0. The number of carbonyl (C=O) groups excluding carboxylic acids is 1. The molecule has 4 heteroatoms. The van der Waals surface area contributed by atoms with Crippen LogP contribution in [0.2, 0.25) is 0 Å². The van der Waals surface area contributed by atoms with Crippen LogP contribution < -0.4 is 10.6 Å². The first-order valence-electron chi connectivity index (χ1n) is 7.44. The van der Waals surface area contributed by atoms with E-state index in [0.717, 1.165) is 12.0 Å². The molecule has 2 atom stereocenters. The Balaban J connectivity index is 1.68. The van der Waals surface area contributed by atoms with Crippen molar-refractivity contribution in [2.24, 2.45) is 5.92 Å². The fraction of sp³-hybridized carbons (Fsp3) is 0.562. The molecule has 3 nitrogen and oxygen atoms in total. The van der Waals surface area contributed by atoms with Crippen LogP contribution in [0.5, 0.6) is 0 Å². The van der Waals surface area contributed by atoms with E-state index in [2.05, 4.69) is 17.6 Å². The zero-order chi connectivity index (χ0) is 14.4. The first-order valence-corrected chi connectivity index (χ1v) is 7.44. The zero-order valence-electron chi connectivity index (χ0n) is 12.0. The Morgan fingerprint density at radius 1 is 1.25 bits per heavy atom. The number of hydrogen-bond acceptors (Lipinski definition) is 1. The van der Waals surface area contributed by atoms with Gasteiger partial charge in [-0.15, -0.1) is 0 Å². The van der Waals surface area contributed by atoms with Gasteiger partial charge in [-0.25, -0.2) is 9.18 Å². The molecular weight excluding hydrogens is 255 g/mol. The van der Waals surface area contributed by atoms with Crippen molar-refractivity contribution in [3.8, 4) is 0 Å². The molecule has 0 spiro atoms. The van der Waals surface area contributed by atoms with E-state index in [4.69, 9.17) is 0 Å². The van der Waals surface area contributed by atoms with Crippen LogP contribution in [0.25, 0.3) is 0 Å². The van der Waals surface area contributed by atoms with Crippen LogP contribution in [0.15, 0.2) is 24.3 Å². The van der Waals surface area contributed by atoms with E-state index >= 15 is 0 Å². The average molecular weight is 278 g/mol. The van der Waals surface area contributed by atoms with Crippen molar-refractivity contribution in [2.75, 3.05) is 6.54 Å². The van der Waals surface area contributed by atoms with Crippen LogP contribution >= 0.6 is 0 Å². The van der Waals surface area contributed by atoms with Crippen LogP contribution in [-0.4, -0.2) is 18.6 Å². The van der Waals surface area contributed by atoms with Gasteiger partial charge in [0.15, 0.2) is 0 Å². The van der Waals surface area contributed by atoms with Gasteiger partial charge in [0.05, 0.1) is 0 Å². The van der Waals surface area contributed by atoms with Crippen molar-refractivity contribution < 1.29 is 9.18 Å². The van der Waals surface area contributed by atoms with E-state index in [-0.39, 0.29) is 11.8 Å². The molecule has 0 unspecified atom stereocenters. The molecule has 1 aliphatic rings. The quantitative estimate of drug-likeness (QED) is 0.872. The second-order valence-corrected chi connectivity index (χ2v) is 5.64. The van der Waals surface area contributed by atoms with E-state index in [1.54, 1.807) is 12.1 Å². The van der Waals surface area contributed by atoms with Crippen LogP contribution in [0.1, 0.15) is 38.2 Å². The van der Waals surface area contributed by atoms with Gasteiger partial charge in [0.2, 0.25) is 0 Å². The summed E-state index contributed by atoms with van der Waals surface area (Å²) in [7, 11) is 0. The molecular formula is C16H23FN2O.